The summed E-state index contributed by atoms with van der Waals surface area (Å²) in [5, 5.41) is 6.39. The molecule has 0 heterocycles. The molecule has 0 aromatic heterocycles. The number of hydrogen-bond donors (Lipinski definition) is 1. The Morgan fingerprint density at radius 2 is 1.75 bits per heavy atom. The van der Waals surface area contributed by atoms with Crippen molar-refractivity contribution in [3.63, 3.8) is 0 Å². The second-order valence-corrected chi connectivity index (χ2v) is 7.87. The minimum absolute atomic E-state index is 0.296. The SMILES string of the molecule is COc1cc(/C=N/NC(=O)c2ccccc2Br)ccc1OCc1cccc2ccccc12. The Labute approximate surface area is 194 Å². The molecule has 1 amide bonds. The number of hydrogen-bond acceptors (Lipinski definition) is 4. The lowest BCUT2D eigenvalue weighted by atomic mass is 10.1. The molecule has 4 rings (SSSR count). The summed E-state index contributed by atoms with van der Waals surface area (Å²) < 4.78 is 12.3. The number of methoxy groups -OCH3 is 1. The molecule has 0 aliphatic carbocycles. The largest absolute Gasteiger partial charge is 0.493 e. The third-order valence-electron chi connectivity index (χ3n) is 4.95. The summed E-state index contributed by atoms with van der Waals surface area (Å²) in [4.78, 5) is 12.2. The van der Waals surface area contributed by atoms with E-state index in [4.69, 9.17) is 9.47 Å². The van der Waals surface area contributed by atoms with Crippen molar-refractivity contribution in [3.05, 3.63) is 106 Å². The second kappa shape index (κ2) is 10.1. The molecule has 32 heavy (non-hydrogen) atoms. The molecule has 0 bridgehead atoms. The highest BCUT2D eigenvalue weighted by atomic mass is 79.9. The van der Waals surface area contributed by atoms with E-state index in [2.05, 4.69) is 50.7 Å². The fourth-order valence-electron chi connectivity index (χ4n) is 3.33. The molecule has 0 saturated heterocycles. The monoisotopic (exact) mass is 488 g/mol. The predicted molar refractivity (Wildman–Crippen MR) is 130 cm³/mol. The fraction of sp³-hybridized carbons (Fsp3) is 0.0769. The Balaban J connectivity index is 1.44. The van der Waals surface area contributed by atoms with Gasteiger partial charge in [0.2, 0.25) is 0 Å². The van der Waals surface area contributed by atoms with Gasteiger partial charge in [0.1, 0.15) is 6.61 Å². The Kier molecular flexibility index (Phi) is 6.82. The summed E-state index contributed by atoms with van der Waals surface area (Å²) in [5.41, 5.74) is 4.92. The number of amides is 1. The number of carbonyl (C=O) groups is 1. The molecule has 1 N–H and O–H groups in total. The summed E-state index contributed by atoms with van der Waals surface area (Å²) >= 11 is 3.36. The zero-order chi connectivity index (χ0) is 22.3. The van der Waals surface area contributed by atoms with Gasteiger partial charge < -0.3 is 9.47 Å². The van der Waals surface area contributed by atoms with Crippen molar-refractivity contribution in [2.75, 3.05) is 7.11 Å². The molecule has 0 fully saturated rings. The normalized spacial score (nSPS) is 10.9. The molecule has 0 spiro atoms. The topological polar surface area (TPSA) is 59.9 Å². The van der Waals surface area contributed by atoms with Crippen LogP contribution in [0.15, 0.2) is 94.5 Å². The number of nitrogens with one attached hydrogen (secondary N) is 1. The van der Waals surface area contributed by atoms with Crippen LogP contribution < -0.4 is 14.9 Å². The van der Waals surface area contributed by atoms with Crippen molar-refractivity contribution in [2.24, 2.45) is 5.10 Å². The first-order valence-electron chi connectivity index (χ1n) is 10.0. The molecule has 0 saturated carbocycles. The third kappa shape index (κ3) is 4.98. The van der Waals surface area contributed by atoms with Crippen molar-refractivity contribution < 1.29 is 14.3 Å². The van der Waals surface area contributed by atoms with Gasteiger partial charge in [0.15, 0.2) is 11.5 Å². The Hall–Kier alpha value is -3.64. The lowest BCUT2D eigenvalue weighted by Gasteiger charge is -2.12. The number of ether oxygens (including phenoxy) is 2. The zero-order valence-corrected chi connectivity index (χ0v) is 19.0. The van der Waals surface area contributed by atoms with Crippen molar-refractivity contribution in [3.8, 4) is 11.5 Å². The van der Waals surface area contributed by atoms with E-state index in [1.54, 1.807) is 31.5 Å². The second-order valence-electron chi connectivity index (χ2n) is 7.02. The lowest BCUT2D eigenvalue weighted by molar-refractivity contribution is 0.0954. The Morgan fingerprint density at radius 3 is 2.59 bits per heavy atom. The highest BCUT2D eigenvalue weighted by Crippen LogP contribution is 2.29. The van der Waals surface area contributed by atoms with E-state index < -0.39 is 0 Å². The minimum Gasteiger partial charge on any atom is -0.493 e. The first-order valence-corrected chi connectivity index (χ1v) is 10.8. The van der Waals surface area contributed by atoms with E-state index in [0.29, 0.717) is 28.1 Å². The zero-order valence-electron chi connectivity index (χ0n) is 17.4. The van der Waals surface area contributed by atoms with Crippen LogP contribution in [0.25, 0.3) is 10.8 Å². The number of carbonyl (C=O) groups excluding carboxylic acids is 1. The van der Waals surface area contributed by atoms with E-state index in [1.165, 1.54) is 10.8 Å². The van der Waals surface area contributed by atoms with Gasteiger partial charge in [0, 0.05) is 4.47 Å². The number of benzene rings is 4. The van der Waals surface area contributed by atoms with Gasteiger partial charge in [-0.1, -0.05) is 54.6 Å². The van der Waals surface area contributed by atoms with Gasteiger partial charge >= 0.3 is 0 Å². The fourth-order valence-corrected chi connectivity index (χ4v) is 3.79. The maximum absolute atomic E-state index is 12.2. The summed E-state index contributed by atoms with van der Waals surface area (Å²) in [7, 11) is 1.59. The Morgan fingerprint density at radius 1 is 0.969 bits per heavy atom. The molecule has 5 nitrogen and oxygen atoms in total. The van der Waals surface area contributed by atoms with Crippen molar-refractivity contribution >= 4 is 38.8 Å². The first-order chi connectivity index (χ1) is 15.7. The van der Waals surface area contributed by atoms with Crippen LogP contribution >= 0.6 is 15.9 Å². The van der Waals surface area contributed by atoms with Crippen LogP contribution in [0.2, 0.25) is 0 Å². The average Bonchev–Trinajstić information content (AvgIpc) is 2.83. The highest BCUT2D eigenvalue weighted by Gasteiger charge is 2.09. The molecule has 160 valence electrons. The van der Waals surface area contributed by atoms with E-state index in [-0.39, 0.29) is 5.91 Å². The van der Waals surface area contributed by atoms with Gasteiger partial charge in [-0.3, -0.25) is 4.79 Å². The molecule has 0 aliphatic heterocycles. The maximum Gasteiger partial charge on any atom is 0.272 e. The molecule has 6 heteroatoms. The first kappa shape index (κ1) is 21.6. The van der Waals surface area contributed by atoms with Gasteiger partial charge in [0.05, 0.1) is 18.9 Å². The van der Waals surface area contributed by atoms with Crippen molar-refractivity contribution in [1.82, 2.24) is 5.43 Å². The number of nitrogens with zero attached hydrogens (tertiary/aromatic N) is 1. The van der Waals surface area contributed by atoms with Crippen molar-refractivity contribution in [1.29, 1.82) is 0 Å². The van der Waals surface area contributed by atoms with Crippen LogP contribution in [0.4, 0.5) is 0 Å². The molecular formula is C26H21BrN2O3. The van der Waals surface area contributed by atoms with Crippen LogP contribution in [0.1, 0.15) is 21.5 Å². The minimum atomic E-state index is -0.296. The summed E-state index contributed by atoms with van der Waals surface area (Å²) in [6.45, 7) is 0.424. The smallest absolute Gasteiger partial charge is 0.272 e. The van der Waals surface area contributed by atoms with Crippen molar-refractivity contribution in [2.45, 2.75) is 6.61 Å². The van der Waals surface area contributed by atoms with Crippen LogP contribution in [0.5, 0.6) is 11.5 Å². The van der Waals surface area contributed by atoms with Gasteiger partial charge in [-0.2, -0.15) is 5.10 Å². The Bertz CT molecular complexity index is 1280. The van der Waals surface area contributed by atoms with Crippen LogP contribution in [-0.4, -0.2) is 19.2 Å². The maximum atomic E-state index is 12.2. The quantitative estimate of drug-likeness (QED) is 0.258. The average molecular weight is 489 g/mol. The van der Waals surface area contributed by atoms with Crippen LogP contribution in [0.3, 0.4) is 0 Å². The van der Waals surface area contributed by atoms with Gasteiger partial charge in [-0.15, -0.1) is 0 Å². The summed E-state index contributed by atoms with van der Waals surface area (Å²) in [6.07, 6.45) is 1.56. The van der Waals surface area contributed by atoms with Gasteiger partial charge in [0.25, 0.3) is 5.91 Å². The lowest BCUT2D eigenvalue weighted by Crippen LogP contribution is -2.18. The molecule has 0 unspecified atom stereocenters. The number of hydrazone groups is 1. The van der Waals surface area contributed by atoms with E-state index in [0.717, 1.165) is 11.1 Å². The standard InChI is InChI=1S/C26H21BrN2O3/c1-31-25-15-18(16-28-29-26(30)22-11-4-5-12-23(22)27)13-14-24(25)32-17-20-9-6-8-19-7-2-3-10-21(19)20/h2-16H,17H2,1H3,(H,29,30)/b28-16+. The van der Waals surface area contributed by atoms with E-state index in [9.17, 15) is 4.79 Å². The summed E-state index contributed by atoms with van der Waals surface area (Å²) in [5.74, 6) is 0.928. The van der Waals surface area contributed by atoms with Gasteiger partial charge in [-0.25, -0.2) is 5.43 Å². The molecule has 0 radical (unpaired) electrons. The molecule has 4 aromatic carbocycles. The van der Waals surface area contributed by atoms with Crippen LogP contribution in [0, 0.1) is 0 Å². The van der Waals surface area contributed by atoms with E-state index >= 15 is 0 Å². The molecule has 4 aromatic rings. The summed E-state index contributed by atoms with van der Waals surface area (Å²) in [6, 6.07) is 27.1. The number of fused-ring (bicyclic) bond motifs is 1. The number of rotatable bonds is 7. The molecular weight excluding hydrogens is 468 g/mol. The molecule has 0 aliphatic rings. The third-order valence-corrected chi connectivity index (χ3v) is 5.64. The highest BCUT2D eigenvalue weighted by molar-refractivity contribution is 9.10. The predicted octanol–water partition coefficient (Wildman–Crippen LogP) is 5.95. The number of halogens is 1. The van der Waals surface area contributed by atoms with Crippen LogP contribution in [-0.2, 0) is 6.61 Å². The van der Waals surface area contributed by atoms with E-state index in [1.807, 2.05) is 42.5 Å². The molecule has 0 atom stereocenters. The van der Waals surface area contributed by atoms with Gasteiger partial charge in [-0.05, 0) is 68.2 Å².